The Morgan fingerprint density at radius 3 is 2.56 bits per heavy atom. The van der Waals surface area contributed by atoms with Gasteiger partial charge in [-0.2, -0.15) is 0 Å². The Morgan fingerprint density at radius 1 is 1.56 bits per heavy atom. The van der Waals surface area contributed by atoms with Crippen molar-refractivity contribution in [2.45, 2.75) is 31.7 Å². The molecule has 0 heterocycles. The zero-order valence-corrected chi connectivity index (χ0v) is 9.03. The van der Waals surface area contributed by atoms with E-state index in [1.54, 1.807) is 0 Å². The standard InChI is InChI=1S/C11H16N2O3/c1-2-4-8(12)9(14)13-7-11(10(15)16)5-3-6-11/h1,8H,3-7,12H2,(H,13,14)(H,15,16). The third-order valence-electron chi connectivity index (χ3n) is 3.04. The lowest BCUT2D eigenvalue weighted by Crippen LogP contribution is -2.50. The molecule has 1 amide bonds. The number of aliphatic carboxylic acids is 1. The molecular weight excluding hydrogens is 208 g/mol. The minimum absolute atomic E-state index is 0.138. The van der Waals surface area contributed by atoms with Gasteiger partial charge in [-0.05, 0) is 12.8 Å². The molecule has 1 atom stereocenters. The van der Waals surface area contributed by atoms with E-state index in [1.807, 2.05) is 0 Å². The van der Waals surface area contributed by atoms with Crippen LogP contribution in [0.25, 0.3) is 0 Å². The van der Waals surface area contributed by atoms with Crippen LogP contribution in [-0.4, -0.2) is 29.6 Å². The second-order valence-electron chi connectivity index (χ2n) is 4.17. The molecule has 0 aliphatic heterocycles. The molecule has 1 aliphatic carbocycles. The van der Waals surface area contributed by atoms with Crippen molar-refractivity contribution >= 4 is 11.9 Å². The maximum atomic E-state index is 11.4. The van der Waals surface area contributed by atoms with Gasteiger partial charge in [-0.25, -0.2) is 0 Å². The van der Waals surface area contributed by atoms with Gasteiger partial charge in [0.15, 0.2) is 0 Å². The van der Waals surface area contributed by atoms with Crippen LogP contribution in [0, 0.1) is 17.8 Å². The van der Waals surface area contributed by atoms with Gasteiger partial charge >= 0.3 is 5.97 Å². The number of carboxylic acid groups (broad SMARTS) is 1. The van der Waals surface area contributed by atoms with Crippen LogP contribution in [0.15, 0.2) is 0 Å². The van der Waals surface area contributed by atoms with E-state index in [4.69, 9.17) is 17.3 Å². The van der Waals surface area contributed by atoms with Crippen molar-refractivity contribution < 1.29 is 14.7 Å². The predicted octanol–water partition coefficient (Wildman–Crippen LogP) is -0.292. The number of terminal acetylenes is 1. The topological polar surface area (TPSA) is 92.4 Å². The van der Waals surface area contributed by atoms with Gasteiger partial charge in [0, 0.05) is 13.0 Å². The molecule has 16 heavy (non-hydrogen) atoms. The molecule has 0 aromatic rings. The summed E-state index contributed by atoms with van der Waals surface area (Å²) in [4.78, 5) is 22.4. The number of amides is 1. The van der Waals surface area contributed by atoms with Crippen molar-refractivity contribution in [3.63, 3.8) is 0 Å². The molecule has 88 valence electrons. The number of nitrogens with one attached hydrogen (secondary N) is 1. The molecule has 5 nitrogen and oxygen atoms in total. The van der Waals surface area contributed by atoms with Crippen LogP contribution in [0.4, 0.5) is 0 Å². The van der Waals surface area contributed by atoms with Crippen molar-refractivity contribution in [2.24, 2.45) is 11.1 Å². The highest BCUT2D eigenvalue weighted by atomic mass is 16.4. The summed E-state index contributed by atoms with van der Waals surface area (Å²) < 4.78 is 0. The SMILES string of the molecule is C#CCC(N)C(=O)NCC1(C(=O)O)CCC1. The molecule has 1 aliphatic rings. The highest BCUT2D eigenvalue weighted by molar-refractivity contribution is 5.83. The van der Waals surface area contributed by atoms with E-state index in [0.717, 1.165) is 6.42 Å². The fraction of sp³-hybridized carbons (Fsp3) is 0.636. The Morgan fingerprint density at radius 2 is 2.19 bits per heavy atom. The molecule has 4 N–H and O–H groups in total. The van der Waals surface area contributed by atoms with E-state index in [-0.39, 0.29) is 18.9 Å². The van der Waals surface area contributed by atoms with Crippen molar-refractivity contribution in [1.29, 1.82) is 0 Å². The van der Waals surface area contributed by atoms with E-state index in [9.17, 15) is 9.59 Å². The minimum Gasteiger partial charge on any atom is -0.481 e. The van der Waals surface area contributed by atoms with Gasteiger partial charge in [0.05, 0.1) is 11.5 Å². The number of carbonyl (C=O) groups excluding carboxylic acids is 1. The molecule has 1 fully saturated rings. The van der Waals surface area contributed by atoms with Gasteiger partial charge in [0.2, 0.25) is 5.91 Å². The van der Waals surface area contributed by atoms with Gasteiger partial charge in [0.1, 0.15) is 0 Å². The Kier molecular flexibility index (Phi) is 3.91. The molecule has 0 aromatic heterocycles. The molecule has 1 unspecified atom stereocenters. The Balaban J connectivity index is 2.42. The maximum absolute atomic E-state index is 11.4. The summed E-state index contributed by atoms with van der Waals surface area (Å²) in [6, 6.07) is -0.754. The van der Waals surface area contributed by atoms with Gasteiger partial charge in [-0.15, -0.1) is 12.3 Å². The summed E-state index contributed by atoms with van der Waals surface area (Å²) in [5.41, 5.74) is 4.70. The van der Waals surface area contributed by atoms with Crippen molar-refractivity contribution in [2.75, 3.05) is 6.54 Å². The number of hydrogen-bond donors (Lipinski definition) is 3. The van der Waals surface area contributed by atoms with Crippen LogP contribution in [-0.2, 0) is 9.59 Å². The highest BCUT2D eigenvalue weighted by Gasteiger charge is 2.44. The van der Waals surface area contributed by atoms with E-state index in [0.29, 0.717) is 12.8 Å². The molecule has 0 bridgehead atoms. The number of rotatable bonds is 5. The minimum atomic E-state index is -0.857. The third kappa shape index (κ3) is 2.52. The van der Waals surface area contributed by atoms with E-state index >= 15 is 0 Å². The molecule has 0 saturated heterocycles. The van der Waals surface area contributed by atoms with E-state index in [2.05, 4.69) is 11.2 Å². The summed E-state index contributed by atoms with van der Waals surface area (Å²) in [6.45, 7) is 0.138. The second kappa shape index (κ2) is 4.99. The fourth-order valence-corrected chi connectivity index (χ4v) is 1.68. The lowest BCUT2D eigenvalue weighted by Gasteiger charge is -2.37. The first-order valence-corrected chi connectivity index (χ1v) is 5.22. The summed E-state index contributed by atoms with van der Waals surface area (Å²) in [5, 5.41) is 11.6. The zero-order chi connectivity index (χ0) is 12.2. The second-order valence-corrected chi connectivity index (χ2v) is 4.17. The number of carboxylic acids is 1. The van der Waals surface area contributed by atoms with Crippen LogP contribution in [0.2, 0.25) is 0 Å². The van der Waals surface area contributed by atoms with Crippen LogP contribution < -0.4 is 11.1 Å². The monoisotopic (exact) mass is 224 g/mol. The number of carbonyl (C=O) groups is 2. The molecule has 0 aromatic carbocycles. The van der Waals surface area contributed by atoms with Gasteiger partial charge < -0.3 is 16.2 Å². The van der Waals surface area contributed by atoms with Crippen molar-refractivity contribution in [1.82, 2.24) is 5.32 Å². The molecule has 0 radical (unpaired) electrons. The highest BCUT2D eigenvalue weighted by Crippen LogP contribution is 2.40. The first-order chi connectivity index (χ1) is 7.52. The van der Waals surface area contributed by atoms with Crippen LogP contribution >= 0.6 is 0 Å². The lowest BCUT2D eigenvalue weighted by molar-refractivity contribution is -0.154. The summed E-state index contributed by atoms with van der Waals surface area (Å²) in [7, 11) is 0. The molecular formula is C11H16N2O3. The van der Waals surface area contributed by atoms with Crippen LogP contribution in [0.1, 0.15) is 25.7 Å². The average Bonchev–Trinajstić information content (AvgIpc) is 2.15. The summed E-state index contributed by atoms with van der Waals surface area (Å²) in [5.74, 6) is 1.05. The molecule has 5 heteroatoms. The fourth-order valence-electron chi connectivity index (χ4n) is 1.68. The zero-order valence-electron chi connectivity index (χ0n) is 9.03. The van der Waals surface area contributed by atoms with E-state index < -0.39 is 17.4 Å². The molecule has 1 rings (SSSR count). The van der Waals surface area contributed by atoms with Crippen LogP contribution in [0.5, 0.6) is 0 Å². The Labute approximate surface area is 94.4 Å². The van der Waals surface area contributed by atoms with Gasteiger partial charge in [-0.1, -0.05) is 6.42 Å². The van der Waals surface area contributed by atoms with E-state index in [1.165, 1.54) is 0 Å². The van der Waals surface area contributed by atoms with Crippen LogP contribution in [0.3, 0.4) is 0 Å². The van der Waals surface area contributed by atoms with Gasteiger partial charge in [0.25, 0.3) is 0 Å². The van der Waals surface area contributed by atoms with Crippen molar-refractivity contribution in [3.05, 3.63) is 0 Å². The maximum Gasteiger partial charge on any atom is 0.311 e. The lowest BCUT2D eigenvalue weighted by atomic mass is 9.69. The summed E-state index contributed by atoms with van der Waals surface area (Å²) >= 11 is 0. The largest absolute Gasteiger partial charge is 0.481 e. The smallest absolute Gasteiger partial charge is 0.311 e. The van der Waals surface area contributed by atoms with Gasteiger partial charge in [-0.3, -0.25) is 9.59 Å². The number of hydrogen-bond acceptors (Lipinski definition) is 3. The van der Waals surface area contributed by atoms with Crippen molar-refractivity contribution in [3.8, 4) is 12.3 Å². The first-order valence-electron chi connectivity index (χ1n) is 5.22. The average molecular weight is 224 g/mol. The third-order valence-corrected chi connectivity index (χ3v) is 3.04. The molecule has 0 spiro atoms. The first kappa shape index (κ1) is 12.5. The number of nitrogens with two attached hydrogens (primary N) is 1. The molecule has 1 saturated carbocycles. The quantitative estimate of drug-likeness (QED) is 0.559. The Hall–Kier alpha value is -1.54. The summed E-state index contributed by atoms with van der Waals surface area (Å²) in [6.07, 6.45) is 7.29. The normalized spacial score (nSPS) is 19.0. The Bertz CT molecular complexity index is 329. The predicted molar refractivity (Wildman–Crippen MR) is 58.4 cm³/mol.